The van der Waals surface area contributed by atoms with Crippen LogP contribution in [0.4, 0.5) is 0 Å². The van der Waals surface area contributed by atoms with Gasteiger partial charge in [-0.1, -0.05) is 112 Å². The average molecular weight is 671 g/mol. The summed E-state index contributed by atoms with van der Waals surface area (Å²) in [7, 11) is 4.19. The number of hydrogen-bond donors (Lipinski definition) is 1. The number of carbonyl (C=O) groups excluding carboxylic acids is 1. The van der Waals surface area contributed by atoms with Crippen LogP contribution >= 0.6 is 0 Å². The first kappa shape index (κ1) is 42.9. The molecule has 48 heavy (non-hydrogen) atoms. The number of nitrogens with one attached hydrogen (secondary N) is 1. The second-order valence-electron chi connectivity index (χ2n) is 16.8. The predicted octanol–water partition coefficient (Wildman–Crippen LogP) is 12.1. The van der Waals surface area contributed by atoms with Gasteiger partial charge >= 0.3 is 0 Å². The fourth-order valence-electron chi connectivity index (χ4n) is 10.3. The molecule has 0 bridgehead atoms. The molecule has 7 atom stereocenters. The van der Waals surface area contributed by atoms with Gasteiger partial charge in [-0.05, 0) is 131 Å². The van der Waals surface area contributed by atoms with Crippen LogP contribution < -0.4 is 5.32 Å². The Morgan fingerprint density at radius 2 is 1.79 bits per heavy atom. The number of allylic oxidation sites excluding steroid dienone is 2. The van der Waals surface area contributed by atoms with E-state index in [0.29, 0.717) is 17.3 Å². The quantitative estimate of drug-likeness (QED) is 0.0895. The van der Waals surface area contributed by atoms with Crippen molar-refractivity contribution in [3.8, 4) is 0 Å². The highest BCUT2D eigenvalue weighted by Gasteiger charge is 2.57. The number of hydrogen-bond acceptors (Lipinski definition) is 4. The van der Waals surface area contributed by atoms with Crippen molar-refractivity contribution >= 4 is 6.47 Å². The second-order valence-corrected chi connectivity index (χ2v) is 16.8. The van der Waals surface area contributed by atoms with Crippen molar-refractivity contribution in [2.24, 2.45) is 40.4 Å². The average Bonchev–Trinajstić information content (AvgIpc) is 3.07. The lowest BCUT2D eigenvalue weighted by atomic mass is 9.43. The molecule has 4 heteroatoms. The van der Waals surface area contributed by atoms with Gasteiger partial charge in [-0.3, -0.25) is 4.79 Å². The zero-order chi connectivity index (χ0) is 35.6. The molecule has 0 heterocycles. The van der Waals surface area contributed by atoms with Crippen LogP contribution in [-0.2, 0) is 9.53 Å². The van der Waals surface area contributed by atoms with Gasteiger partial charge in [-0.2, -0.15) is 0 Å². The molecule has 0 saturated heterocycles. The molecular formula is C44H82N2O2. The van der Waals surface area contributed by atoms with Crippen molar-refractivity contribution in [3.63, 3.8) is 0 Å². The van der Waals surface area contributed by atoms with Gasteiger partial charge in [0.2, 0.25) is 0 Å². The molecule has 0 aliphatic heterocycles. The Kier molecular flexibility index (Phi) is 20.1. The first-order chi connectivity index (χ1) is 23.1. The maximum absolute atomic E-state index is 10.9. The number of rotatable bonds is 18. The molecule has 3 saturated carbocycles. The van der Waals surface area contributed by atoms with Gasteiger partial charge in [0.05, 0.1) is 0 Å². The van der Waals surface area contributed by atoms with Crippen molar-refractivity contribution < 1.29 is 9.53 Å². The van der Waals surface area contributed by atoms with E-state index in [1.807, 2.05) is 20.9 Å². The van der Waals surface area contributed by atoms with E-state index < -0.39 is 0 Å². The highest BCUT2D eigenvalue weighted by molar-refractivity contribution is 5.38. The normalized spacial score (nSPS) is 30.6. The Balaban J connectivity index is 0.000000380. The highest BCUT2D eigenvalue weighted by atomic mass is 16.5. The predicted molar refractivity (Wildman–Crippen MR) is 209 cm³/mol. The molecule has 0 amide bonds. The molecule has 1 N–H and O–H groups in total. The van der Waals surface area contributed by atoms with Crippen LogP contribution in [0.3, 0.4) is 0 Å². The summed E-state index contributed by atoms with van der Waals surface area (Å²) in [6.07, 6.45) is 29.2. The van der Waals surface area contributed by atoms with E-state index in [1.165, 1.54) is 121 Å². The number of nitrogens with zero attached hydrogens (tertiary/aromatic N) is 1. The van der Waals surface area contributed by atoms with Gasteiger partial charge in [0.15, 0.2) is 0 Å². The first-order valence-electron chi connectivity index (χ1n) is 20.9. The fourth-order valence-corrected chi connectivity index (χ4v) is 10.3. The Labute approximate surface area is 300 Å². The standard InChI is InChI=1S/C28H46O2.C14H30N2.C2H6/c1-20(2)8-5-6-9-21-10-7-11-25-24-13-12-22-18-23(30-19-29)14-16-28(22,4)26(24)15-17-27(21,25)3;1-5-6-10-13-16(4)14(2)11-8-7-9-12-15-3;1-2/h12,19-21,23-26H,5-11,13-18H2,1-4H3;15H,2,5-13H2,1,3-4H3;1-2H3. The summed E-state index contributed by atoms with van der Waals surface area (Å²) in [4.78, 5) is 13.2. The van der Waals surface area contributed by atoms with Crippen LogP contribution in [0.2, 0.25) is 0 Å². The third-order valence-corrected chi connectivity index (χ3v) is 13.4. The number of ether oxygens (including phenoxy) is 1. The molecule has 4 nitrogen and oxygen atoms in total. The maximum Gasteiger partial charge on any atom is 0.293 e. The molecule has 0 radical (unpaired) electrons. The van der Waals surface area contributed by atoms with Crippen molar-refractivity contribution in [2.75, 3.05) is 27.2 Å². The molecular weight excluding hydrogens is 588 g/mol. The van der Waals surface area contributed by atoms with Crippen molar-refractivity contribution in [1.29, 1.82) is 0 Å². The van der Waals surface area contributed by atoms with Gasteiger partial charge in [0, 0.05) is 25.7 Å². The van der Waals surface area contributed by atoms with E-state index in [0.717, 1.165) is 55.4 Å². The minimum absolute atomic E-state index is 0.122. The molecule has 4 aliphatic rings. The Hall–Kier alpha value is -1.29. The summed E-state index contributed by atoms with van der Waals surface area (Å²) in [6, 6.07) is 0. The van der Waals surface area contributed by atoms with Gasteiger partial charge in [0.1, 0.15) is 6.10 Å². The summed E-state index contributed by atoms with van der Waals surface area (Å²) < 4.78 is 5.37. The van der Waals surface area contributed by atoms with Crippen LogP contribution in [0.5, 0.6) is 0 Å². The number of fused-ring (bicyclic) bond motifs is 5. The zero-order valence-corrected chi connectivity index (χ0v) is 33.6. The molecule has 0 aromatic rings. The zero-order valence-electron chi connectivity index (χ0n) is 33.6. The van der Waals surface area contributed by atoms with E-state index in [9.17, 15) is 4.79 Å². The van der Waals surface area contributed by atoms with Crippen LogP contribution in [-0.4, -0.2) is 44.7 Å². The lowest BCUT2D eigenvalue weighted by Gasteiger charge is -2.62. The van der Waals surface area contributed by atoms with E-state index in [1.54, 1.807) is 5.57 Å². The highest BCUT2D eigenvalue weighted by Crippen LogP contribution is 2.65. The van der Waals surface area contributed by atoms with Crippen molar-refractivity contribution in [3.05, 3.63) is 23.9 Å². The fraction of sp³-hybridized carbons (Fsp3) is 0.886. The van der Waals surface area contributed by atoms with Crippen LogP contribution in [0.1, 0.15) is 177 Å². The molecule has 0 aromatic heterocycles. The molecule has 4 aliphatic carbocycles. The van der Waals surface area contributed by atoms with E-state index in [4.69, 9.17) is 4.74 Å². The van der Waals surface area contributed by atoms with Gasteiger partial charge < -0.3 is 15.0 Å². The summed E-state index contributed by atoms with van der Waals surface area (Å²) in [5, 5.41) is 3.18. The lowest BCUT2D eigenvalue weighted by molar-refractivity contribution is -0.137. The molecule has 7 unspecified atom stereocenters. The summed E-state index contributed by atoms with van der Waals surface area (Å²) in [6.45, 7) is 23.4. The van der Waals surface area contributed by atoms with Crippen LogP contribution in [0.25, 0.3) is 0 Å². The first-order valence-corrected chi connectivity index (χ1v) is 20.9. The second kappa shape index (κ2) is 22.5. The van der Waals surface area contributed by atoms with Gasteiger partial charge in [-0.25, -0.2) is 0 Å². The van der Waals surface area contributed by atoms with Crippen molar-refractivity contribution in [2.45, 2.75) is 183 Å². The third kappa shape index (κ3) is 12.2. The van der Waals surface area contributed by atoms with Crippen LogP contribution in [0.15, 0.2) is 23.9 Å². The molecule has 4 rings (SSSR count). The van der Waals surface area contributed by atoms with E-state index in [-0.39, 0.29) is 6.10 Å². The van der Waals surface area contributed by atoms with Crippen molar-refractivity contribution in [1.82, 2.24) is 10.2 Å². The molecule has 0 spiro atoms. The maximum atomic E-state index is 10.9. The lowest BCUT2D eigenvalue weighted by Crippen LogP contribution is -2.54. The van der Waals surface area contributed by atoms with Gasteiger partial charge in [0.25, 0.3) is 6.47 Å². The summed E-state index contributed by atoms with van der Waals surface area (Å²) in [5.41, 5.74) is 3.86. The minimum atomic E-state index is 0.122. The Morgan fingerprint density at radius 1 is 1.02 bits per heavy atom. The molecule has 280 valence electrons. The van der Waals surface area contributed by atoms with E-state index in [2.05, 4.69) is 64.5 Å². The monoisotopic (exact) mass is 671 g/mol. The topological polar surface area (TPSA) is 41.6 Å². The largest absolute Gasteiger partial charge is 0.464 e. The summed E-state index contributed by atoms with van der Waals surface area (Å²) >= 11 is 0. The number of unbranched alkanes of at least 4 members (excludes halogenated alkanes) is 5. The third-order valence-electron chi connectivity index (χ3n) is 13.4. The number of carbonyl (C=O) groups is 1. The smallest absolute Gasteiger partial charge is 0.293 e. The molecule has 3 fully saturated rings. The van der Waals surface area contributed by atoms with Crippen LogP contribution in [0, 0.1) is 40.4 Å². The Bertz CT molecular complexity index is 929. The SMILES string of the molecule is C=C(CCCCCNC)N(C)CCCCC.CC.CC(C)CCCCC1CCCC2C3CC=C4CC(OC=O)CCC4(C)C3CCC12C. The minimum Gasteiger partial charge on any atom is -0.464 e. The van der Waals surface area contributed by atoms with Gasteiger partial charge in [-0.15, -0.1) is 0 Å². The van der Waals surface area contributed by atoms with E-state index >= 15 is 0 Å². The Morgan fingerprint density at radius 3 is 2.48 bits per heavy atom. The summed E-state index contributed by atoms with van der Waals surface area (Å²) in [5.74, 6) is 4.48. The molecule has 0 aromatic carbocycles.